The highest BCUT2D eigenvalue weighted by Gasteiger charge is 2.06. The van der Waals surface area contributed by atoms with Crippen LogP contribution in [0.15, 0.2) is 22.7 Å². The zero-order valence-electron chi connectivity index (χ0n) is 9.80. The van der Waals surface area contributed by atoms with E-state index in [0.717, 1.165) is 15.7 Å². The Morgan fingerprint density at radius 1 is 1.44 bits per heavy atom. The molecule has 0 fully saturated rings. The normalized spacial score (nSPS) is 10.6. The fourth-order valence-corrected chi connectivity index (χ4v) is 1.60. The zero-order chi connectivity index (χ0) is 12.1. The van der Waals surface area contributed by atoms with Gasteiger partial charge in [0.1, 0.15) is 0 Å². The number of rotatable bonds is 4. The van der Waals surface area contributed by atoms with E-state index in [2.05, 4.69) is 26.6 Å². The van der Waals surface area contributed by atoms with Crippen LogP contribution in [0.5, 0.6) is 0 Å². The number of anilines is 1. The molecule has 0 radical (unpaired) electrons. The number of carbonyl (C=O) groups excluding carboxylic acids is 1. The van der Waals surface area contributed by atoms with E-state index in [1.54, 1.807) is 0 Å². The molecule has 3 nitrogen and oxygen atoms in total. The molecule has 0 aliphatic rings. The monoisotopic (exact) mass is 284 g/mol. The van der Waals surface area contributed by atoms with E-state index in [4.69, 9.17) is 0 Å². The minimum atomic E-state index is -0.0186. The zero-order valence-corrected chi connectivity index (χ0v) is 11.4. The Labute approximate surface area is 105 Å². The second-order valence-electron chi connectivity index (χ2n) is 4.00. The molecule has 0 aliphatic carbocycles. The highest BCUT2D eigenvalue weighted by atomic mass is 79.9. The third kappa shape index (κ3) is 3.94. The molecule has 0 atom stereocenters. The van der Waals surface area contributed by atoms with E-state index < -0.39 is 0 Å². The van der Waals surface area contributed by atoms with Gasteiger partial charge < -0.3 is 10.6 Å². The van der Waals surface area contributed by atoms with E-state index in [0.29, 0.717) is 12.6 Å². The molecule has 0 spiro atoms. The molecule has 0 heterocycles. The Morgan fingerprint density at radius 2 is 2.12 bits per heavy atom. The summed E-state index contributed by atoms with van der Waals surface area (Å²) in [6.45, 7) is 6.33. The van der Waals surface area contributed by atoms with Gasteiger partial charge in [-0.3, -0.25) is 4.79 Å². The molecule has 1 rings (SSSR count). The summed E-state index contributed by atoms with van der Waals surface area (Å²) in [5.41, 5.74) is 1.89. The first-order valence-corrected chi connectivity index (χ1v) is 6.08. The van der Waals surface area contributed by atoms with Crippen molar-refractivity contribution in [1.82, 2.24) is 5.32 Å². The molecule has 0 bridgehead atoms. The number of benzene rings is 1. The van der Waals surface area contributed by atoms with E-state index in [1.807, 2.05) is 39.0 Å². The predicted octanol–water partition coefficient (Wildman–Crippen LogP) is 2.69. The van der Waals surface area contributed by atoms with Crippen molar-refractivity contribution >= 4 is 27.5 Å². The average Bonchev–Trinajstić information content (AvgIpc) is 2.22. The second kappa shape index (κ2) is 6.01. The molecule has 16 heavy (non-hydrogen) atoms. The maximum absolute atomic E-state index is 11.6. The topological polar surface area (TPSA) is 41.1 Å². The molecular formula is C12H17BrN2O. The maximum atomic E-state index is 11.6. The lowest BCUT2D eigenvalue weighted by Crippen LogP contribution is -2.32. The Hall–Kier alpha value is -0.870. The Bertz CT molecular complexity index is 377. The predicted molar refractivity (Wildman–Crippen MR) is 70.6 cm³/mol. The van der Waals surface area contributed by atoms with Crippen LogP contribution >= 0.6 is 15.9 Å². The molecule has 0 saturated carbocycles. The SMILES string of the molecule is Cc1c(Br)cccc1NC(=O)CNC(C)C. The van der Waals surface area contributed by atoms with Crippen LogP contribution in [-0.4, -0.2) is 18.5 Å². The average molecular weight is 285 g/mol. The number of halogens is 1. The van der Waals surface area contributed by atoms with Gasteiger partial charge in [0.05, 0.1) is 6.54 Å². The van der Waals surface area contributed by atoms with Gasteiger partial charge in [-0.2, -0.15) is 0 Å². The van der Waals surface area contributed by atoms with Crippen molar-refractivity contribution in [1.29, 1.82) is 0 Å². The molecular weight excluding hydrogens is 268 g/mol. The minimum absolute atomic E-state index is 0.0186. The van der Waals surface area contributed by atoms with Crippen LogP contribution < -0.4 is 10.6 Å². The van der Waals surface area contributed by atoms with Crippen LogP contribution in [0.25, 0.3) is 0 Å². The summed E-state index contributed by atoms with van der Waals surface area (Å²) < 4.78 is 1.00. The molecule has 2 N–H and O–H groups in total. The van der Waals surface area contributed by atoms with Crippen LogP contribution in [-0.2, 0) is 4.79 Å². The van der Waals surface area contributed by atoms with Crippen LogP contribution in [0, 0.1) is 6.92 Å². The van der Waals surface area contributed by atoms with Gasteiger partial charge in [-0.25, -0.2) is 0 Å². The highest BCUT2D eigenvalue weighted by molar-refractivity contribution is 9.10. The lowest BCUT2D eigenvalue weighted by Gasteiger charge is -2.11. The number of nitrogens with one attached hydrogen (secondary N) is 2. The van der Waals surface area contributed by atoms with Crippen molar-refractivity contribution in [2.75, 3.05) is 11.9 Å². The smallest absolute Gasteiger partial charge is 0.238 e. The number of carbonyl (C=O) groups is 1. The molecule has 0 unspecified atom stereocenters. The molecule has 0 aromatic heterocycles. The van der Waals surface area contributed by atoms with Crippen molar-refractivity contribution < 1.29 is 4.79 Å². The van der Waals surface area contributed by atoms with E-state index in [1.165, 1.54) is 0 Å². The fraction of sp³-hybridized carbons (Fsp3) is 0.417. The molecule has 1 aromatic carbocycles. The first kappa shape index (κ1) is 13.2. The van der Waals surface area contributed by atoms with Crippen LogP contribution in [0.1, 0.15) is 19.4 Å². The van der Waals surface area contributed by atoms with Gasteiger partial charge in [0.25, 0.3) is 0 Å². The first-order chi connectivity index (χ1) is 7.50. The van der Waals surface area contributed by atoms with Gasteiger partial charge in [0.2, 0.25) is 5.91 Å². The second-order valence-corrected chi connectivity index (χ2v) is 4.85. The fourth-order valence-electron chi connectivity index (χ4n) is 1.23. The summed E-state index contributed by atoms with van der Waals surface area (Å²) in [5.74, 6) is -0.0186. The van der Waals surface area contributed by atoms with E-state index in [9.17, 15) is 4.79 Å². The van der Waals surface area contributed by atoms with Crippen LogP contribution in [0.3, 0.4) is 0 Å². The van der Waals surface area contributed by atoms with Gasteiger partial charge in [-0.05, 0) is 24.6 Å². The van der Waals surface area contributed by atoms with Crippen LogP contribution in [0.4, 0.5) is 5.69 Å². The van der Waals surface area contributed by atoms with Gasteiger partial charge in [-0.1, -0.05) is 35.8 Å². The first-order valence-electron chi connectivity index (χ1n) is 5.29. The van der Waals surface area contributed by atoms with E-state index >= 15 is 0 Å². The van der Waals surface area contributed by atoms with Gasteiger partial charge in [0, 0.05) is 16.2 Å². The van der Waals surface area contributed by atoms with Crippen molar-refractivity contribution in [3.8, 4) is 0 Å². The molecule has 4 heteroatoms. The third-order valence-electron chi connectivity index (χ3n) is 2.21. The highest BCUT2D eigenvalue weighted by Crippen LogP contribution is 2.23. The maximum Gasteiger partial charge on any atom is 0.238 e. The number of amides is 1. The molecule has 0 saturated heterocycles. The lowest BCUT2D eigenvalue weighted by molar-refractivity contribution is -0.115. The summed E-state index contributed by atoms with van der Waals surface area (Å²) in [7, 11) is 0. The quantitative estimate of drug-likeness (QED) is 0.893. The summed E-state index contributed by atoms with van der Waals surface area (Å²) in [5, 5.41) is 5.95. The lowest BCUT2D eigenvalue weighted by atomic mass is 10.2. The molecule has 0 aliphatic heterocycles. The number of hydrogen-bond donors (Lipinski definition) is 2. The Kier molecular flexibility index (Phi) is 4.96. The number of hydrogen-bond acceptors (Lipinski definition) is 2. The van der Waals surface area contributed by atoms with Crippen LogP contribution in [0.2, 0.25) is 0 Å². The molecule has 1 aromatic rings. The van der Waals surface area contributed by atoms with Crippen molar-refractivity contribution in [3.63, 3.8) is 0 Å². The Morgan fingerprint density at radius 3 is 2.75 bits per heavy atom. The summed E-state index contributed by atoms with van der Waals surface area (Å²) in [4.78, 5) is 11.6. The summed E-state index contributed by atoms with van der Waals surface area (Å²) >= 11 is 3.43. The van der Waals surface area contributed by atoms with Gasteiger partial charge in [0.15, 0.2) is 0 Å². The molecule has 1 amide bonds. The summed E-state index contributed by atoms with van der Waals surface area (Å²) in [6.07, 6.45) is 0. The van der Waals surface area contributed by atoms with E-state index in [-0.39, 0.29) is 5.91 Å². The summed E-state index contributed by atoms with van der Waals surface area (Å²) in [6, 6.07) is 6.07. The third-order valence-corrected chi connectivity index (χ3v) is 3.07. The van der Waals surface area contributed by atoms with Gasteiger partial charge >= 0.3 is 0 Å². The Balaban J connectivity index is 2.59. The van der Waals surface area contributed by atoms with Crippen molar-refractivity contribution in [3.05, 3.63) is 28.2 Å². The van der Waals surface area contributed by atoms with Crippen molar-refractivity contribution in [2.24, 2.45) is 0 Å². The van der Waals surface area contributed by atoms with Gasteiger partial charge in [-0.15, -0.1) is 0 Å². The standard InChI is InChI=1S/C12H17BrN2O/c1-8(2)14-7-12(16)15-11-6-4-5-10(13)9(11)3/h4-6,8,14H,7H2,1-3H3,(H,15,16). The van der Waals surface area contributed by atoms with Crippen molar-refractivity contribution in [2.45, 2.75) is 26.8 Å². The minimum Gasteiger partial charge on any atom is -0.325 e. The molecule has 88 valence electrons. The largest absolute Gasteiger partial charge is 0.325 e.